The van der Waals surface area contributed by atoms with Gasteiger partial charge >= 0.3 is 0 Å². The normalized spacial score (nSPS) is 12.2. The molecule has 0 radical (unpaired) electrons. The fourth-order valence-electron chi connectivity index (χ4n) is 1.96. The summed E-state index contributed by atoms with van der Waals surface area (Å²) < 4.78 is 5.21. The van der Waals surface area contributed by atoms with Crippen molar-refractivity contribution < 1.29 is 4.74 Å². The van der Waals surface area contributed by atoms with Crippen LogP contribution in [-0.4, -0.2) is 17.1 Å². The molecule has 1 unspecified atom stereocenters. The van der Waals surface area contributed by atoms with Gasteiger partial charge in [0.25, 0.3) is 0 Å². The third-order valence-electron chi connectivity index (χ3n) is 2.72. The maximum absolute atomic E-state index is 6.08. The second kappa shape index (κ2) is 5.97. The SMILES string of the molecule is COc1nccnc1C(NN)c1cc(C)cc(Cl)c1. The molecule has 100 valence electrons. The van der Waals surface area contributed by atoms with E-state index >= 15 is 0 Å². The van der Waals surface area contributed by atoms with Crippen molar-refractivity contribution in [3.05, 3.63) is 52.4 Å². The topological polar surface area (TPSA) is 73.1 Å². The van der Waals surface area contributed by atoms with Crippen LogP contribution in [0, 0.1) is 6.92 Å². The molecule has 1 atom stereocenters. The molecule has 1 heterocycles. The molecule has 0 aliphatic heterocycles. The van der Waals surface area contributed by atoms with Crippen molar-refractivity contribution in [1.29, 1.82) is 0 Å². The number of nitrogens with one attached hydrogen (secondary N) is 1. The molecular formula is C13H15ClN4O. The molecule has 2 aromatic rings. The van der Waals surface area contributed by atoms with E-state index in [1.54, 1.807) is 19.5 Å². The third kappa shape index (κ3) is 3.01. The van der Waals surface area contributed by atoms with Crippen LogP contribution in [-0.2, 0) is 0 Å². The van der Waals surface area contributed by atoms with Crippen LogP contribution in [0.5, 0.6) is 5.88 Å². The van der Waals surface area contributed by atoms with E-state index < -0.39 is 0 Å². The molecule has 0 spiro atoms. The van der Waals surface area contributed by atoms with E-state index in [9.17, 15) is 0 Å². The molecule has 0 amide bonds. The van der Waals surface area contributed by atoms with Gasteiger partial charge in [0.2, 0.25) is 5.88 Å². The summed E-state index contributed by atoms with van der Waals surface area (Å²) in [6, 6.07) is 5.38. The largest absolute Gasteiger partial charge is 0.480 e. The van der Waals surface area contributed by atoms with E-state index in [-0.39, 0.29) is 6.04 Å². The summed E-state index contributed by atoms with van der Waals surface area (Å²) in [5.74, 6) is 6.08. The highest BCUT2D eigenvalue weighted by Gasteiger charge is 2.20. The maximum Gasteiger partial charge on any atom is 0.237 e. The van der Waals surface area contributed by atoms with Gasteiger partial charge in [-0.2, -0.15) is 0 Å². The van der Waals surface area contributed by atoms with Crippen LogP contribution in [0.25, 0.3) is 0 Å². The minimum Gasteiger partial charge on any atom is -0.480 e. The van der Waals surface area contributed by atoms with Gasteiger partial charge in [0.05, 0.1) is 13.2 Å². The van der Waals surface area contributed by atoms with Crippen LogP contribution in [0.1, 0.15) is 22.9 Å². The Labute approximate surface area is 116 Å². The number of hydrogen-bond acceptors (Lipinski definition) is 5. The van der Waals surface area contributed by atoms with Crippen LogP contribution < -0.4 is 16.0 Å². The summed E-state index contributed by atoms with van der Waals surface area (Å²) in [5.41, 5.74) is 5.30. The second-order valence-electron chi connectivity index (χ2n) is 4.11. The zero-order valence-electron chi connectivity index (χ0n) is 10.7. The number of aryl methyl sites for hydroxylation is 1. The first-order valence-corrected chi connectivity index (χ1v) is 6.11. The van der Waals surface area contributed by atoms with Crippen LogP contribution in [0.3, 0.4) is 0 Å². The van der Waals surface area contributed by atoms with Gasteiger partial charge in [0.1, 0.15) is 5.69 Å². The predicted octanol–water partition coefficient (Wildman–Crippen LogP) is 2.00. The Kier molecular flexibility index (Phi) is 4.31. The van der Waals surface area contributed by atoms with E-state index in [0.717, 1.165) is 11.1 Å². The fourth-order valence-corrected chi connectivity index (χ4v) is 2.25. The summed E-state index contributed by atoms with van der Waals surface area (Å²) in [4.78, 5) is 8.41. The molecule has 19 heavy (non-hydrogen) atoms. The highest BCUT2D eigenvalue weighted by Crippen LogP contribution is 2.28. The Bertz CT molecular complexity index is 556. The first-order valence-electron chi connectivity index (χ1n) is 5.74. The molecule has 5 nitrogen and oxygen atoms in total. The summed E-state index contributed by atoms with van der Waals surface area (Å²) in [6.07, 6.45) is 3.17. The number of rotatable bonds is 4. The van der Waals surface area contributed by atoms with Gasteiger partial charge in [-0.3, -0.25) is 10.8 Å². The fraction of sp³-hybridized carbons (Fsp3) is 0.231. The van der Waals surface area contributed by atoms with E-state index in [0.29, 0.717) is 16.6 Å². The van der Waals surface area contributed by atoms with Crippen LogP contribution in [0.15, 0.2) is 30.6 Å². The van der Waals surface area contributed by atoms with Crippen molar-refractivity contribution in [2.45, 2.75) is 13.0 Å². The van der Waals surface area contributed by atoms with Crippen molar-refractivity contribution in [3.63, 3.8) is 0 Å². The lowest BCUT2D eigenvalue weighted by atomic mass is 10.0. The van der Waals surface area contributed by atoms with Gasteiger partial charge in [-0.25, -0.2) is 10.4 Å². The Balaban J connectivity index is 2.49. The molecule has 0 aliphatic carbocycles. The first kappa shape index (κ1) is 13.7. The molecule has 0 bridgehead atoms. The highest BCUT2D eigenvalue weighted by molar-refractivity contribution is 6.30. The second-order valence-corrected chi connectivity index (χ2v) is 4.55. The van der Waals surface area contributed by atoms with Crippen molar-refractivity contribution >= 4 is 11.6 Å². The minimum atomic E-state index is -0.332. The van der Waals surface area contributed by atoms with Gasteiger partial charge in [-0.05, 0) is 30.2 Å². The van der Waals surface area contributed by atoms with Gasteiger partial charge in [-0.15, -0.1) is 0 Å². The number of hydrazine groups is 1. The van der Waals surface area contributed by atoms with Gasteiger partial charge in [0.15, 0.2) is 0 Å². The summed E-state index contributed by atoms with van der Waals surface area (Å²) in [7, 11) is 1.55. The quantitative estimate of drug-likeness (QED) is 0.661. The molecule has 0 aliphatic rings. The Hall–Kier alpha value is -1.69. The molecule has 0 saturated carbocycles. The smallest absolute Gasteiger partial charge is 0.237 e. The van der Waals surface area contributed by atoms with E-state index in [2.05, 4.69) is 15.4 Å². The Morgan fingerprint density at radius 1 is 1.26 bits per heavy atom. The average Bonchev–Trinajstić information content (AvgIpc) is 2.39. The number of nitrogens with zero attached hydrogens (tertiary/aromatic N) is 2. The highest BCUT2D eigenvalue weighted by atomic mass is 35.5. The Morgan fingerprint density at radius 2 is 2.00 bits per heavy atom. The van der Waals surface area contributed by atoms with Crippen molar-refractivity contribution in [2.75, 3.05) is 7.11 Å². The van der Waals surface area contributed by atoms with Crippen LogP contribution in [0.2, 0.25) is 5.02 Å². The number of nitrogens with two attached hydrogens (primary N) is 1. The number of methoxy groups -OCH3 is 1. The number of halogens is 1. The molecule has 3 N–H and O–H groups in total. The average molecular weight is 279 g/mol. The van der Waals surface area contributed by atoms with E-state index in [1.165, 1.54) is 0 Å². The number of aromatic nitrogens is 2. The molecule has 1 aromatic heterocycles. The van der Waals surface area contributed by atoms with E-state index in [1.807, 2.05) is 25.1 Å². The lowest BCUT2D eigenvalue weighted by Crippen LogP contribution is -2.30. The Morgan fingerprint density at radius 3 is 2.63 bits per heavy atom. The van der Waals surface area contributed by atoms with Crippen LogP contribution in [0.4, 0.5) is 0 Å². The van der Waals surface area contributed by atoms with Crippen molar-refractivity contribution in [2.24, 2.45) is 5.84 Å². The molecule has 0 saturated heterocycles. The molecule has 0 fully saturated rings. The maximum atomic E-state index is 6.08. The van der Waals surface area contributed by atoms with E-state index in [4.69, 9.17) is 22.2 Å². The standard InChI is InChI=1S/C13H15ClN4O/c1-8-5-9(7-10(14)6-8)11(18-15)12-13(19-2)17-4-3-16-12/h3-7,11,18H,15H2,1-2H3. The third-order valence-corrected chi connectivity index (χ3v) is 2.94. The summed E-state index contributed by atoms with van der Waals surface area (Å²) in [5, 5.41) is 0.651. The number of benzene rings is 1. The lowest BCUT2D eigenvalue weighted by Gasteiger charge is -2.18. The van der Waals surface area contributed by atoms with Gasteiger partial charge in [-0.1, -0.05) is 17.7 Å². The molecule has 6 heteroatoms. The molecule has 1 aromatic carbocycles. The monoisotopic (exact) mass is 278 g/mol. The van der Waals surface area contributed by atoms with Gasteiger partial charge < -0.3 is 4.74 Å². The van der Waals surface area contributed by atoms with Crippen LogP contribution >= 0.6 is 11.6 Å². The number of ether oxygens (including phenoxy) is 1. The zero-order valence-corrected chi connectivity index (χ0v) is 11.5. The molecular weight excluding hydrogens is 264 g/mol. The van der Waals surface area contributed by atoms with Crippen molar-refractivity contribution in [1.82, 2.24) is 15.4 Å². The summed E-state index contributed by atoms with van der Waals surface area (Å²) >= 11 is 6.08. The number of hydrogen-bond donors (Lipinski definition) is 2. The summed E-state index contributed by atoms with van der Waals surface area (Å²) in [6.45, 7) is 1.97. The molecule has 2 rings (SSSR count). The predicted molar refractivity (Wildman–Crippen MR) is 73.9 cm³/mol. The zero-order chi connectivity index (χ0) is 13.8. The first-order chi connectivity index (χ1) is 9.15. The van der Waals surface area contributed by atoms with Crippen molar-refractivity contribution in [3.8, 4) is 5.88 Å². The minimum absolute atomic E-state index is 0.332. The lowest BCUT2D eigenvalue weighted by molar-refractivity contribution is 0.383. The van der Waals surface area contributed by atoms with Gasteiger partial charge in [0, 0.05) is 17.4 Å².